The summed E-state index contributed by atoms with van der Waals surface area (Å²) in [4.78, 5) is 22.1. The van der Waals surface area contributed by atoms with Crippen LogP contribution in [0.2, 0.25) is 0 Å². The summed E-state index contributed by atoms with van der Waals surface area (Å²) < 4.78 is 5.38. The first-order valence-corrected chi connectivity index (χ1v) is 9.74. The SMILES string of the molecule is COc1ccc2c3c(c(NCC4CCCCN4)nc2c1)C(=O)c1cnccc1-3. The van der Waals surface area contributed by atoms with Crippen molar-refractivity contribution in [2.75, 3.05) is 25.5 Å². The van der Waals surface area contributed by atoms with Crippen LogP contribution in [0.4, 0.5) is 5.82 Å². The molecule has 6 heteroatoms. The van der Waals surface area contributed by atoms with E-state index in [9.17, 15) is 4.79 Å². The largest absolute Gasteiger partial charge is 0.497 e. The molecule has 0 radical (unpaired) electrons. The number of hydrogen-bond donors (Lipinski definition) is 2. The minimum atomic E-state index is -0.0116. The van der Waals surface area contributed by atoms with E-state index in [2.05, 4.69) is 15.6 Å². The van der Waals surface area contributed by atoms with Crippen LogP contribution in [-0.4, -0.2) is 42.0 Å². The van der Waals surface area contributed by atoms with E-state index in [1.807, 2.05) is 24.3 Å². The zero-order valence-corrected chi connectivity index (χ0v) is 15.8. The summed E-state index contributed by atoms with van der Waals surface area (Å²) in [5.41, 5.74) is 3.97. The highest BCUT2D eigenvalue weighted by atomic mass is 16.5. The van der Waals surface area contributed by atoms with Crippen molar-refractivity contribution in [2.24, 2.45) is 0 Å². The van der Waals surface area contributed by atoms with Gasteiger partial charge in [0.15, 0.2) is 5.78 Å². The molecule has 1 aromatic carbocycles. The van der Waals surface area contributed by atoms with Crippen LogP contribution < -0.4 is 15.4 Å². The second kappa shape index (κ2) is 6.87. The minimum Gasteiger partial charge on any atom is -0.497 e. The lowest BCUT2D eigenvalue weighted by molar-refractivity contribution is 0.104. The van der Waals surface area contributed by atoms with Crippen molar-refractivity contribution in [2.45, 2.75) is 25.3 Å². The van der Waals surface area contributed by atoms with E-state index in [4.69, 9.17) is 9.72 Å². The van der Waals surface area contributed by atoms with Gasteiger partial charge < -0.3 is 15.4 Å². The molecule has 2 N–H and O–H groups in total. The number of aromatic nitrogens is 2. The number of ether oxygens (including phenoxy) is 1. The van der Waals surface area contributed by atoms with Crippen LogP contribution in [0.3, 0.4) is 0 Å². The monoisotopic (exact) mass is 374 g/mol. The number of nitrogens with zero attached hydrogens (tertiary/aromatic N) is 2. The van der Waals surface area contributed by atoms with Crippen LogP contribution in [0.1, 0.15) is 35.2 Å². The number of pyridine rings is 2. The highest BCUT2D eigenvalue weighted by Crippen LogP contribution is 2.44. The molecule has 1 aliphatic carbocycles. The van der Waals surface area contributed by atoms with Crippen molar-refractivity contribution in [3.8, 4) is 16.9 Å². The number of hydrogen-bond acceptors (Lipinski definition) is 6. The Morgan fingerprint density at radius 1 is 1.21 bits per heavy atom. The molecule has 1 atom stereocenters. The van der Waals surface area contributed by atoms with Crippen LogP contribution >= 0.6 is 0 Å². The molecule has 0 spiro atoms. The van der Waals surface area contributed by atoms with Crippen molar-refractivity contribution in [1.82, 2.24) is 15.3 Å². The number of ketones is 1. The maximum Gasteiger partial charge on any atom is 0.199 e. The lowest BCUT2D eigenvalue weighted by Gasteiger charge is -2.24. The fourth-order valence-corrected chi connectivity index (χ4v) is 4.25. The zero-order valence-electron chi connectivity index (χ0n) is 15.8. The Morgan fingerprint density at radius 2 is 2.14 bits per heavy atom. The predicted molar refractivity (Wildman–Crippen MR) is 109 cm³/mol. The molecule has 1 aliphatic heterocycles. The molecular weight excluding hydrogens is 352 g/mol. The molecular formula is C22H22N4O2. The van der Waals surface area contributed by atoms with Gasteiger partial charge in [0, 0.05) is 47.6 Å². The summed E-state index contributed by atoms with van der Waals surface area (Å²) in [6, 6.07) is 8.12. The third-order valence-corrected chi connectivity index (χ3v) is 5.68. The average molecular weight is 374 g/mol. The second-order valence-corrected chi connectivity index (χ2v) is 7.37. The van der Waals surface area contributed by atoms with Crippen LogP contribution in [-0.2, 0) is 0 Å². The maximum atomic E-state index is 13.2. The molecule has 5 rings (SSSR count). The van der Waals surface area contributed by atoms with Gasteiger partial charge in [-0.25, -0.2) is 4.98 Å². The summed E-state index contributed by atoms with van der Waals surface area (Å²) >= 11 is 0. The highest BCUT2D eigenvalue weighted by molar-refractivity contribution is 6.27. The Labute approximate surface area is 163 Å². The van der Waals surface area contributed by atoms with Crippen molar-refractivity contribution < 1.29 is 9.53 Å². The van der Waals surface area contributed by atoms with Gasteiger partial charge in [0.25, 0.3) is 0 Å². The third kappa shape index (κ3) is 2.72. The predicted octanol–water partition coefficient (Wildman–Crippen LogP) is 3.40. The number of piperidine rings is 1. The van der Waals surface area contributed by atoms with Gasteiger partial charge in [0.2, 0.25) is 0 Å². The van der Waals surface area contributed by atoms with E-state index in [0.29, 0.717) is 23.0 Å². The molecule has 2 aromatic heterocycles. The summed E-state index contributed by atoms with van der Waals surface area (Å²) in [7, 11) is 1.65. The second-order valence-electron chi connectivity index (χ2n) is 7.37. The number of nitrogens with one attached hydrogen (secondary N) is 2. The average Bonchev–Trinajstić information content (AvgIpc) is 3.06. The molecule has 0 saturated carbocycles. The lowest BCUT2D eigenvalue weighted by Crippen LogP contribution is -2.39. The first-order valence-electron chi connectivity index (χ1n) is 9.74. The molecule has 2 aliphatic rings. The number of fused-ring (bicyclic) bond motifs is 5. The van der Waals surface area contributed by atoms with Crippen LogP contribution in [0.15, 0.2) is 36.7 Å². The molecule has 28 heavy (non-hydrogen) atoms. The first-order chi connectivity index (χ1) is 13.8. The number of anilines is 1. The van der Waals surface area contributed by atoms with Gasteiger partial charge in [-0.05, 0) is 43.1 Å². The summed E-state index contributed by atoms with van der Waals surface area (Å²) in [5.74, 6) is 1.38. The van der Waals surface area contributed by atoms with E-state index in [1.54, 1.807) is 19.5 Å². The maximum absolute atomic E-state index is 13.2. The summed E-state index contributed by atoms with van der Waals surface area (Å²) in [6.45, 7) is 1.79. The molecule has 1 fully saturated rings. The Morgan fingerprint density at radius 3 is 2.96 bits per heavy atom. The van der Waals surface area contributed by atoms with Crippen LogP contribution in [0, 0.1) is 0 Å². The number of carbonyl (C=O) groups is 1. The van der Waals surface area contributed by atoms with Gasteiger partial charge in [0.1, 0.15) is 11.6 Å². The number of benzene rings is 1. The van der Waals surface area contributed by atoms with Crippen molar-refractivity contribution >= 4 is 22.5 Å². The minimum absolute atomic E-state index is 0.0116. The molecule has 3 heterocycles. The standard InChI is InChI=1S/C22H22N4O2/c1-28-14-5-6-16-18(10-14)26-22(25-11-13-4-2-3-8-24-13)20-19(16)15-7-9-23-12-17(15)21(20)27/h5-7,9-10,12-13,24H,2-4,8,11H2,1H3,(H,25,26). The number of methoxy groups -OCH3 is 1. The summed E-state index contributed by atoms with van der Waals surface area (Å²) in [5, 5.41) is 7.94. The van der Waals surface area contributed by atoms with Gasteiger partial charge in [0.05, 0.1) is 18.2 Å². The van der Waals surface area contributed by atoms with E-state index >= 15 is 0 Å². The lowest BCUT2D eigenvalue weighted by atomic mass is 10.0. The Hall–Kier alpha value is -2.99. The van der Waals surface area contributed by atoms with Crippen molar-refractivity contribution in [3.05, 3.63) is 47.8 Å². The molecule has 142 valence electrons. The first kappa shape index (κ1) is 17.1. The van der Waals surface area contributed by atoms with Crippen molar-refractivity contribution in [1.29, 1.82) is 0 Å². The molecule has 0 amide bonds. The van der Waals surface area contributed by atoms with Crippen molar-refractivity contribution in [3.63, 3.8) is 0 Å². The highest BCUT2D eigenvalue weighted by Gasteiger charge is 2.32. The normalized spacial score (nSPS) is 18.0. The third-order valence-electron chi connectivity index (χ3n) is 5.68. The Bertz CT molecular complexity index is 1070. The van der Waals surface area contributed by atoms with Crippen LogP contribution in [0.5, 0.6) is 5.75 Å². The van der Waals surface area contributed by atoms with Gasteiger partial charge in [-0.15, -0.1) is 0 Å². The van der Waals surface area contributed by atoms with Gasteiger partial charge in [-0.2, -0.15) is 0 Å². The zero-order chi connectivity index (χ0) is 19.1. The molecule has 1 unspecified atom stereocenters. The molecule has 0 bridgehead atoms. The molecule has 3 aromatic rings. The van der Waals surface area contributed by atoms with Gasteiger partial charge >= 0.3 is 0 Å². The Balaban J connectivity index is 1.65. The fourth-order valence-electron chi connectivity index (χ4n) is 4.25. The number of rotatable bonds is 4. The molecule has 1 saturated heterocycles. The van der Waals surface area contributed by atoms with Gasteiger partial charge in [-0.1, -0.05) is 6.42 Å². The van der Waals surface area contributed by atoms with E-state index in [1.165, 1.54) is 12.8 Å². The van der Waals surface area contributed by atoms with E-state index in [-0.39, 0.29) is 5.78 Å². The molecule has 6 nitrogen and oxygen atoms in total. The van der Waals surface area contributed by atoms with E-state index < -0.39 is 0 Å². The summed E-state index contributed by atoms with van der Waals surface area (Å²) in [6.07, 6.45) is 6.97. The quantitative estimate of drug-likeness (QED) is 0.570. The fraction of sp³-hybridized carbons (Fsp3) is 0.318. The Kier molecular flexibility index (Phi) is 4.20. The van der Waals surface area contributed by atoms with E-state index in [0.717, 1.165) is 47.3 Å². The van der Waals surface area contributed by atoms with Gasteiger partial charge in [-0.3, -0.25) is 9.78 Å². The van der Waals surface area contributed by atoms with Crippen LogP contribution in [0.25, 0.3) is 22.0 Å². The smallest absolute Gasteiger partial charge is 0.199 e. The topological polar surface area (TPSA) is 76.1 Å². The number of carbonyl (C=O) groups excluding carboxylic acids is 1.